The Bertz CT molecular complexity index is 532. The van der Waals surface area contributed by atoms with E-state index in [0.29, 0.717) is 6.07 Å². The second-order valence-electron chi connectivity index (χ2n) is 3.28. The molecule has 0 saturated carbocycles. The number of benzene rings is 1. The highest BCUT2D eigenvalue weighted by molar-refractivity contribution is 7.92. The molecule has 1 aromatic carbocycles. The van der Waals surface area contributed by atoms with Gasteiger partial charge in [-0.25, -0.2) is 21.9 Å². The molecule has 3 N–H and O–H groups in total. The van der Waals surface area contributed by atoms with Gasteiger partial charge in [0.2, 0.25) is 10.0 Å². The molecule has 0 bridgehead atoms. The molecule has 0 atom stereocenters. The van der Waals surface area contributed by atoms with Gasteiger partial charge < -0.3 is 5.73 Å². The molecule has 0 unspecified atom stereocenters. The van der Waals surface area contributed by atoms with Crippen molar-refractivity contribution < 1.29 is 17.2 Å². The Morgan fingerprint density at radius 1 is 1.41 bits per heavy atom. The Labute approximate surface area is 103 Å². The van der Waals surface area contributed by atoms with Gasteiger partial charge in [0.15, 0.2) is 0 Å². The van der Waals surface area contributed by atoms with Crippen LogP contribution in [0, 0.1) is 11.6 Å². The van der Waals surface area contributed by atoms with Gasteiger partial charge in [-0.15, -0.1) is 0 Å². The molecule has 4 nitrogen and oxygen atoms in total. The Balaban J connectivity index is 2.71. The smallest absolute Gasteiger partial charge is 0.218 e. The maximum atomic E-state index is 13.2. The van der Waals surface area contributed by atoms with Crippen molar-refractivity contribution in [3.63, 3.8) is 0 Å². The van der Waals surface area contributed by atoms with Crippen LogP contribution in [-0.4, -0.2) is 19.2 Å². The Kier molecular flexibility index (Phi) is 4.49. The van der Waals surface area contributed by atoms with Gasteiger partial charge in [0, 0.05) is 18.2 Å². The zero-order valence-electron chi connectivity index (χ0n) is 8.61. The van der Waals surface area contributed by atoms with E-state index in [2.05, 4.69) is 16.9 Å². The molecule has 0 saturated heterocycles. The second kappa shape index (κ2) is 5.48. The van der Waals surface area contributed by atoms with Gasteiger partial charge >= 0.3 is 0 Å². The van der Waals surface area contributed by atoms with Crippen LogP contribution in [0.15, 0.2) is 18.2 Å². The quantitative estimate of drug-likeness (QED) is 0.778. The van der Waals surface area contributed by atoms with E-state index in [1.54, 1.807) is 0 Å². The van der Waals surface area contributed by atoms with Crippen molar-refractivity contribution >= 4 is 27.2 Å². The summed E-state index contributed by atoms with van der Waals surface area (Å²) < 4.78 is 50.5. The lowest BCUT2D eigenvalue weighted by molar-refractivity contribution is 0.564. The van der Waals surface area contributed by atoms with Gasteiger partial charge in [0.05, 0.1) is 4.99 Å². The monoisotopic (exact) mass is 280 g/mol. The predicted octanol–water partition coefficient (Wildman–Crippen LogP) is 0.670. The predicted molar refractivity (Wildman–Crippen MR) is 63.8 cm³/mol. The molecule has 94 valence electrons. The number of nitrogens with two attached hydrogens (primary N) is 1. The SMILES string of the molecule is NC(=S)CS(=O)(=O)NCc1ccc(F)cc1F. The number of halogens is 2. The number of rotatable bonds is 5. The Morgan fingerprint density at radius 3 is 2.59 bits per heavy atom. The summed E-state index contributed by atoms with van der Waals surface area (Å²) in [6.07, 6.45) is 0. The lowest BCUT2D eigenvalue weighted by Crippen LogP contribution is -2.32. The van der Waals surface area contributed by atoms with Crippen LogP contribution in [0.4, 0.5) is 8.78 Å². The molecule has 0 spiro atoms. The van der Waals surface area contributed by atoms with Crippen LogP contribution in [-0.2, 0) is 16.6 Å². The summed E-state index contributed by atoms with van der Waals surface area (Å²) in [4.78, 5) is -0.183. The summed E-state index contributed by atoms with van der Waals surface area (Å²) in [6.45, 7) is -0.281. The molecule has 1 aromatic rings. The van der Waals surface area contributed by atoms with Crippen LogP contribution in [0.5, 0.6) is 0 Å². The maximum Gasteiger partial charge on any atom is 0.218 e. The zero-order valence-corrected chi connectivity index (χ0v) is 10.2. The number of nitrogens with one attached hydrogen (secondary N) is 1. The fraction of sp³-hybridized carbons (Fsp3) is 0.222. The van der Waals surface area contributed by atoms with E-state index in [4.69, 9.17) is 5.73 Å². The molecule has 0 aliphatic heterocycles. The minimum Gasteiger partial charge on any atom is -0.392 e. The average Bonchev–Trinajstić information content (AvgIpc) is 2.14. The first kappa shape index (κ1) is 13.9. The van der Waals surface area contributed by atoms with E-state index in [-0.39, 0.29) is 17.1 Å². The van der Waals surface area contributed by atoms with Gasteiger partial charge in [-0.05, 0) is 6.07 Å². The van der Waals surface area contributed by atoms with Crippen LogP contribution in [0.3, 0.4) is 0 Å². The number of hydrogen-bond donors (Lipinski definition) is 2. The topological polar surface area (TPSA) is 72.2 Å². The van der Waals surface area contributed by atoms with E-state index < -0.39 is 27.4 Å². The van der Waals surface area contributed by atoms with Crippen LogP contribution in [0.25, 0.3) is 0 Å². The standard InChI is InChI=1S/C9H10F2N2O2S2/c10-7-2-1-6(8(11)3-7)4-13-17(14,15)5-9(12)16/h1-3,13H,4-5H2,(H2,12,16). The molecule has 17 heavy (non-hydrogen) atoms. The second-order valence-corrected chi connectivity index (χ2v) is 5.61. The highest BCUT2D eigenvalue weighted by atomic mass is 32.2. The van der Waals surface area contributed by atoms with Crippen molar-refractivity contribution in [3.05, 3.63) is 35.4 Å². The third-order valence-corrected chi connectivity index (χ3v) is 3.43. The fourth-order valence-corrected chi connectivity index (χ4v) is 2.41. The number of thiocarbonyl (C=S) groups is 1. The molecular formula is C9H10F2N2O2S2. The van der Waals surface area contributed by atoms with E-state index in [1.165, 1.54) is 0 Å². The molecule has 0 aliphatic carbocycles. The number of hydrogen-bond acceptors (Lipinski definition) is 3. The minimum absolute atomic E-state index is 0.0397. The minimum atomic E-state index is -3.68. The average molecular weight is 280 g/mol. The molecule has 0 fully saturated rings. The summed E-state index contributed by atoms with van der Waals surface area (Å²) in [5.41, 5.74) is 5.13. The molecule has 0 aromatic heterocycles. The van der Waals surface area contributed by atoms with Crippen LogP contribution in [0.1, 0.15) is 5.56 Å². The summed E-state index contributed by atoms with van der Waals surface area (Å²) in [7, 11) is -3.68. The third kappa shape index (κ3) is 4.72. The first-order valence-electron chi connectivity index (χ1n) is 4.50. The Hall–Kier alpha value is -1.12. The summed E-state index contributed by atoms with van der Waals surface area (Å²) in [5, 5.41) is 0. The van der Waals surface area contributed by atoms with Gasteiger partial charge in [0.25, 0.3) is 0 Å². The summed E-state index contributed by atoms with van der Waals surface area (Å²) in [5.74, 6) is -2.05. The molecule has 0 amide bonds. The van der Waals surface area contributed by atoms with Gasteiger partial charge in [-0.1, -0.05) is 18.3 Å². The van der Waals surface area contributed by atoms with Crippen LogP contribution >= 0.6 is 12.2 Å². The first-order chi connectivity index (χ1) is 7.80. The van der Waals surface area contributed by atoms with Crippen molar-refractivity contribution in [3.8, 4) is 0 Å². The van der Waals surface area contributed by atoms with Crippen molar-refractivity contribution in [2.24, 2.45) is 5.73 Å². The largest absolute Gasteiger partial charge is 0.392 e. The van der Waals surface area contributed by atoms with E-state index in [0.717, 1.165) is 12.1 Å². The molecule has 0 aliphatic rings. The van der Waals surface area contributed by atoms with Gasteiger partial charge in [-0.3, -0.25) is 0 Å². The molecule has 8 heteroatoms. The normalized spacial score (nSPS) is 11.4. The van der Waals surface area contributed by atoms with Crippen LogP contribution in [0.2, 0.25) is 0 Å². The zero-order chi connectivity index (χ0) is 13.1. The van der Waals surface area contributed by atoms with Crippen LogP contribution < -0.4 is 10.5 Å². The lowest BCUT2D eigenvalue weighted by atomic mass is 10.2. The third-order valence-electron chi connectivity index (χ3n) is 1.83. The molecule has 0 radical (unpaired) electrons. The van der Waals surface area contributed by atoms with Crippen molar-refractivity contribution in [1.29, 1.82) is 0 Å². The highest BCUT2D eigenvalue weighted by Crippen LogP contribution is 2.09. The van der Waals surface area contributed by atoms with Crippen molar-refractivity contribution in [2.45, 2.75) is 6.54 Å². The number of sulfonamides is 1. The van der Waals surface area contributed by atoms with E-state index in [1.807, 2.05) is 0 Å². The van der Waals surface area contributed by atoms with Gasteiger partial charge in [-0.2, -0.15) is 0 Å². The highest BCUT2D eigenvalue weighted by Gasteiger charge is 2.13. The Morgan fingerprint density at radius 2 is 2.06 bits per heavy atom. The van der Waals surface area contributed by atoms with Crippen molar-refractivity contribution in [1.82, 2.24) is 4.72 Å². The molecular weight excluding hydrogens is 270 g/mol. The lowest BCUT2D eigenvalue weighted by Gasteiger charge is -2.06. The summed E-state index contributed by atoms with van der Waals surface area (Å²) in [6, 6.07) is 2.88. The van der Waals surface area contributed by atoms with E-state index in [9.17, 15) is 17.2 Å². The maximum absolute atomic E-state index is 13.2. The summed E-state index contributed by atoms with van der Waals surface area (Å²) >= 11 is 4.45. The molecule has 1 rings (SSSR count). The van der Waals surface area contributed by atoms with Gasteiger partial charge in [0.1, 0.15) is 17.4 Å². The first-order valence-corrected chi connectivity index (χ1v) is 6.56. The fourth-order valence-electron chi connectivity index (χ4n) is 1.09. The molecule has 0 heterocycles. The van der Waals surface area contributed by atoms with Crippen molar-refractivity contribution in [2.75, 3.05) is 5.75 Å². The van der Waals surface area contributed by atoms with E-state index >= 15 is 0 Å².